The van der Waals surface area contributed by atoms with Gasteiger partial charge < -0.3 is 19.9 Å². The molecule has 21 heavy (non-hydrogen) atoms. The van der Waals surface area contributed by atoms with Gasteiger partial charge in [0, 0.05) is 0 Å². The standard InChI is InChI=1S/C9H17NO5.C6H12/c1-9(2,3)15-8(13)10-5-6(11)7(12)14-4;1-2-6-4-3-5-6/h6,11H,5H2,1-4H3,(H,10,13);6H,2-5H2,1H3. The van der Waals surface area contributed by atoms with Crippen molar-refractivity contribution in [3.8, 4) is 0 Å². The third-order valence-corrected chi connectivity index (χ3v) is 3.11. The Morgan fingerprint density at radius 2 is 1.90 bits per heavy atom. The highest BCUT2D eigenvalue weighted by Crippen LogP contribution is 2.28. The minimum absolute atomic E-state index is 0.235. The molecule has 1 amide bonds. The number of amides is 1. The highest BCUT2D eigenvalue weighted by molar-refractivity contribution is 5.75. The van der Waals surface area contributed by atoms with E-state index in [4.69, 9.17) is 9.84 Å². The molecule has 0 saturated heterocycles. The first-order valence-corrected chi connectivity index (χ1v) is 7.42. The van der Waals surface area contributed by atoms with Crippen LogP contribution in [0.3, 0.4) is 0 Å². The third kappa shape index (κ3) is 10.1. The van der Waals surface area contributed by atoms with Crippen LogP contribution in [-0.4, -0.2) is 42.5 Å². The first kappa shape index (κ1) is 19.7. The van der Waals surface area contributed by atoms with Gasteiger partial charge in [0.1, 0.15) is 5.60 Å². The van der Waals surface area contributed by atoms with E-state index < -0.39 is 23.8 Å². The summed E-state index contributed by atoms with van der Waals surface area (Å²) >= 11 is 0. The van der Waals surface area contributed by atoms with Gasteiger partial charge in [0.15, 0.2) is 6.10 Å². The second-order valence-electron chi connectivity index (χ2n) is 6.13. The number of ether oxygens (including phenoxy) is 2. The van der Waals surface area contributed by atoms with E-state index in [9.17, 15) is 9.59 Å². The van der Waals surface area contributed by atoms with Crippen molar-refractivity contribution in [2.24, 2.45) is 5.92 Å². The Bertz CT molecular complexity index is 318. The van der Waals surface area contributed by atoms with E-state index in [0.717, 1.165) is 13.0 Å². The molecule has 0 radical (unpaired) electrons. The van der Waals surface area contributed by atoms with Crippen molar-refractivity contribution in [2.75, 3.05) is 13.7 Å². The van der Waals surface area contributed by atoms with Gasteiger partial charge in [0.25, 0.3) is 0 Å². The van der Waals surface area contributed by atoms with Crippen LogP contribution in [0.15, 0.2) is 0 Å². The Hall–Kier alpha value is -1.30. The molecule has 0 spiro atoms. The molecule has 0 bridgehead atoms. The number of hydrogen-bond donors (Lipinski definition) is 2. The molecule has 124 valence electrons. The van der Waals surface area contributed by atoms with Crippen molar-refractivity contribution in [3.05, 3.63) is 0 Å². The number of nitrogens with one attached hydrogen (secondary N) is 1. The Kier molecular flexibility index (Phi) is 9.01. The van der Waals surface area contributed by atoms with E-state index in [1.807, 2.05) is 0 Å². The lowest BCUT2D eigenvalue weighted by Crippen LogP contribution is -2.40. The third-order valence-electron chi connectivity index (χ3n) is 3.11. The molecule has 1 fully saturated rings. The fraction of sp³-hybridized carbons (Fsp3) is 0.867. The van der Waals surface area contributed by atoms with Crippen molar-refractivity contribution < 1.29 is 24.2 Å². The summed E-state index contributed by atoms with van der Waals surface area (Å²) in [5.41, 5.74) is -0.611. The number of hydrogen-bond acceptors (Lipinski definition) is 5. The average molecular weight is 303 g/mol. The lowest BCUT2D eigenvalue weighted by atomic mass is 9.84. The minimum atomic E-state index is -1.37. The minimum Gasteiger partial charge on any atom is -0.467 e. The quantitative estimate of drug-likeness (QED) is 0.778. The van der Waals surface area contributed by atoms with E-state index >= 15 is 0 Å². The zero-order valence-electron chi connectivity index (χ0n) is 13.8. The van der Waals surface area contributed by atoms with Crippen LogP contribution in [0, 0.1) is 5.92 Å². The molecular weight excluding hydrogens is 274 g/mol. The van der Waals surface area contributed by atoms with E-state index in [1.165, 1.54) is 25.7 Å². The number of alkyl carbamates (subject to hydrolysis) is 1. The van der Waals surface area contributed by atoms with Crippen molar-refractivity contribution in [2.45, 2.75) is 65.1 Å². The van der Waals surface area contributed by atoms with Gasteiger partial charge in [-0.1, -0.05) is 32.6 Å². The van der Waals surface area contributed by atoms with Gasteiger partial charge in [0.05, 0.1) is 13.7 Å². The second-order valence-corrected chi connectivity index (χ2v) is 6.13. The molecule has 0 aromatic heterocycles. The van der Waals surface area contributed by atoms with Crippen molar-refractivity contribution in [1.82, 2.24) is 5.32 Å². The highest BCUT2D eigenvalue weighted by atomic mass is 16.6. The van der Waals surface area contributed by atoms with Crippen molar-refractivity contribution in [3.63, 3.8) is 0 Å². The Labute approximate surface area is 127 Å². The number of carbonyl (C=O) groups excluding carboxylic acids is 2. The summed E-state index contributed by atoms with van der Waals surface area (Å²) in [5.74, 6) is 0.316. The molecule has 0 aromatic rings. The van der Waals surface area contributed by atoms with Crippen LogP contribution in [0.2, 0.25) is 0 Å². The molecule has 0 aliphatic heterocycles. The lowest BCUT2D eigenvalue weighted by Gasteiger charge is -2.22. The summed E-state index contributed by atoms with van der Waals surface area (Å²) < 4.78 is 9.15. The van der Waals surface area contributed by atoms with E-state index in [2.05, 4.69) is 17.0 Å². The SMILES string of the molecule is CCC1CCC1.COC(=O)C(O)CNC(=O)OC(C)(C)C. The van der Waals surface area contributed by atoms with Crippen LogP contribution in [0.25, 0.3) is 0 Å². The maximum absolute atomic E-state index is 11.1. The fourth-order valence-corrected chi connectivity index (χ4v) is 1.61. The lowest BCUT2D eigenvalue weighted by molar-refractivity contribution is -0.149. The molecule has 6 heteroatoms. The van der Waals surface area contributed by atoms with Gasteiger partial charge in [-0.2, -0.15) is 0 Å². The first-order valence-electron chi connectivity index (χ1n) is 7.42. The molecule has 0 aromatic carbocycles. The Morgan fingerprint density at radius 3 is 2.19 bits per heavy atom. The summed E-state index contributed by atoms with van der Waals surface area (Å²) in [6.07, 6.45) is 3.87. The number of methoxy groups -OCH3 is 1. The summed E-state index contributed by atoms with van der Waals surface area (Å²) in [5, 5.41) is 11.4. The molecule has 1 aliphatic rings. The van der Waals surface area contributed by atoms with Crippen LogP contribution in [0.1, 0.15) is 53.4 Å². The molecule has 1 aliphatic carbocycles. The molecule has 6 nitrogen and oxygen atoms in total. The second kappa shape index (κ2) is 9.60. The Balaban J connectivity index is 0.000000547. The maximum Gasteiger partial charge on any atom is 0.407 e. The number of aliphatic hydroxyl groups is 1. The van der Waals surface area contributed by atoms with E-state index in [0.29, 0.717) is 0 Å². The monoisotopic (exact) mass is 303 g/mol. The molecule has 1 saturated carbocycles. The highest BCUT2D eigenvalue weighted by Gasteiger charge is 2.19. The molecule has 2 N–H and O–H groups in total. The first-order chi connectivity index (χ1) is 9.69. The van der Waals surface area contributed by atoms with Crippen LogP contribution in [0.4, 0.5) is 4.79 Å². The fourth-order valence-electron chi connectivity index (χ4n) is 1.61. The summed E-state index contributed by atoms with van der Waals surface area (Å²) in [6.45, 7) is 7.18. The van der Waals surface area contributed by atoms with Crippen LogP contribution in [0.5, 0.6) is 0 Å². The smallest absolute Gasteiger partial charge is 0.407 e. The van der Waals surface area contributed by atoms with Gasteiger partial charge in [-0.15, -0.1) is 0 Å². The van der Waals surface area contributed by atoms with Crippen LogP contribution in [-0.2, 0) is 14.3 Å². The van der Waals surface area contributed by atoms with Gasteiger partial charge in [0.2, 0.25) is 0 Å². The van der Waals surface area contributed by atoms with Crippen molar-refractivity contribution >= 4 is 12.1 Å². The molecule has 1 atom stereocenters. The molecule has 1 unspecified atom stereocenters. The van der Waals surface area contributed by atoms with E-state index in [1.54, 1.807) is 20.8 Å². The summed E-state index contributed by atoms with van der Waals surface area (Å²) in [4.78, 5) is 21.8. The molecule has 1 rings (SSSR count). The predicted molar refractivity (Wildman–Crippen MR) is 79.9 cm³/mol. The molecular formula is C15H29NO5. The zero-order valence-corrected chi connectivity index (χ0v) is 13.8. The predicted octanol–water partition coefficient (Wildman–Crippen LogP) is 2.24. The number of carbonyl (C=O) groups is 2. The topological polar surface area (TPSA) is 84.9 Å². The maximum atomic E-state index is 11.1. The van der Waals surface area contributed by atoms with Gasteiger partial charge in [-0.3, -0.25) is 0 Å². The van der Waals surface area contributed by atoms with Gasteiger partial charge in [-0.25, -0.2) is 9.59 Å². The number of esters is 1. The molecule has 0 heterocycles. The van der Waals surface area contributed by atoms with Crippen LogP contribution < -0.4 is 5.32 Å². The largest absolute Gasteiger partial charge is 0.467 e. The number of rotatable bonds is 4. The summed E-state index contributed by atoms with van der Waals surface area (Å²) in [6, 6.07) is 0. The summed E-state index contributed by atoms with van der Waals surface area (Å²) in [7, 11) is 1.15. The number of aliphatic hydroxyl groups excluding tert-OH is 1. The Morgan fingerprint density at radius 1 is 1.33 bits per heavy atom. The normalized spacial score (nSPS) is 15.9. The zero-order chi connectivity index (χ0) is 16.5. The average Bonchev–Trinajstić information content (AvgIpc) is 2.32. The van der Waals surface area contributed by atoms with Gasteiger partial charge in [-0.05, 0) is 26.7 Å². The van der Waals surface area contributed by atoms with Crippen LogP contribution >= 0.6 is 0 Å². The van der Waals surface area contributed by atoms with E-state index in [-0.39, 0.29) is 6.54 Å². The van der Waals surface area contributed by atoms with Gasteiger partial charge >= 0.3 is 12.1 Å². The van der Waals surface area contributed by atoms with Crippen molar-refractivity contribution in [1.29, 1.82) is 0 Å².